The molecule has 4 N–H and O–H groups in total. The van der Waals surface area contributed by atoms with Crippen LogP contribution >= 0.6 is 0 Å². The van der Waals surface area contributed by atoms with Crippen molar-refractivity contribution in [2.45, 2.75) is 39.0 Å². The van der Waals surface area contributed by atoms with E-state index in [9.17, 15) is 0 Å². The van der Waals surface area contributed by atoms with Gasteiger partial charge in [-0.2, -0.15) is 0 Å². The second kappa shape index (κ2) is 16.8. The van der Waals surface area contributed by atoms with E-state index < -0.39 is 0 Å². The molecule has 3 nitrogen and oxygen atoms in total. The van der Waals surface area contributed by atoms with Crippen LogP contribution in [0.15, 0.2) is 84.0 Å². The van der Waals surface area contributed by atoms with Crippen molar-refractivity contribution in [3.63, 3.8) is 0 Å². The molecule has 146 valence electrons. The highest BCUT2D eigenvalue weighted by Gasteiger charge is 1.95. The molecule has 0 fully saturated rings. The number of rotatable bonds is 8. The quantitative estimate of drug-likeness (QED) is 0.473. The summed E-state index contributed by atoms with van der Waals surface area (Å²) in [5.74, 6) is 0. The van der Waals surface area contributed by atoms with Crippen LogP contribution in [0, 0.1) is 0 Å². The molecule has 0 bridgehead atoms. The summed E-state index contributed by atoms with van der Waals surface area (Å²) in [5, 5.41) is 0. The maximum absolute atomic E-state index is 5.63. The molecule has 2 aromatic rings. The van der Waals surface area contributed by atoms with Crippen LogP contribution in [0.25, 0.3) is 5.70 Å². The average Bonchev–Trinajstić information content (AvgIpc) is 2.72. The third-order valence-electron chi connectivity index (χ3n) is 3.78. The molecule has 27 heavy (non-hydrogen) atoms. The van der Waals surface area contributed by atoms with E-state index in [0.29, 0.717) is 5.70 Å². The van der Waals surface area contributed by atoms with Crippen LogP contribution < -0.4 is 11.5 Å². The van der Waals surface area contributed by atoms with Crippen LogP contribution in [0.5, 0.6) is 0 Å². The Bertz CT molecular complexity index is 646. The molecular weight excluding hydrogens is 330 g/mol. The Balaban J connectivity index is 0.000000469. The lowest BCUT2D eigenvalue weighted by Crippen LogP contribution is -1.94. The van der Waals surface area contributed by atoms with Gasteiger partial charge in [0.05, 0.1) is 5.70 Å². The number of benzene rings is 2. The van der Waals surface area contributed by atoms with Gasteiger partial charge in [-0.05, 0) is 50.6 Å². The summed E-state index contributed by atoms with van der Waals surface area (Å²) in [4.78, 5) is 3.57. The fourth-order valence-electron chi connectivity index (χ4n) is 2.47. The van der Waals surface area contributed by atoms with E-state index in [1.165, 1.54) is 56.5 Å². The maximum atomic E-state index is 5.63. The van der Waals surface area contributed by atoms with Gasteiger partial charge in [-0.25, -0.2) is 0 Å². The van der Waals surface area contributed by atoms with Gasteiger partial charge < -0.3 is 11.5 Å². The molecule has 0 aliphatic carbocycles. The van der Waals surface area contributed by atoms with Crippen molar-refractivity contribution in [3.05, 3.63) is 90.1 Å². The number of nitrogens with two attached hydrogens (primary N) is 2. The van der Waals surface area contributed by atoms with Gasteiger partial charge in [0.25, 0.3) is 0 Å². The number of aryl methyl sites for hydroxylation is 1. The van der Waals surface area contributed by atoms with E-state index >= 15 is 0 Å². The van der Waals surface area contributed by atoms with E-state index in [2.05, 4.69) is 61.3 Å². The highest BCUT2D eigenvalue weighted by atomic mass is 14.7. The second-order valence-corrected chi connectivity index (χ2v) is 5.97. The maximum Gasteiger partial charge on any atom is 0.0573 e. The minimum absolute atomic E-state index is 0.639. The Morgan fingerprint density at radius 3 is 2.04 bits per heavy atom. The SMILES string of the molecule is C=C(CCC)CCCc1ccccc1.C=N/C=C(\N)c1ccccc1.CN. The average molecular weight is 366 g/mol. The van der Waals surface area contributed by atoms with E-state index in [0.717, 1.165) is 5.56 Å². The summed E-state index contributed by atoms with van der Waals surface area (Å²) in [5.41, 5.74) is 14.6. The Morgan fingerprint density at radius 1 is 0.963 bits per heavy atom. The van der Waals surface area contributed by atoms with Gasteiger partial charge in [0.15, 0.2) is 0 Å². The van der Waals surface area contributed by atoms with Crippen molar-refractivity contribution in [2.75, 3.05) is 7.05 Å². The van der Waals surface area contributed by atoms with Gasteiger partial charge >= 0.3 is 0 Å². The summed E-state index contributed by atoms with van der Waals surface area (Å²) in [7, 11) is 1.50. The molecule has 0 atom stereocenters. The molecular formula is C24H35N3. The Morgan fingerprint density at radius 2 is 1.52 bits per heavy atom. The molecule has 0 unspecified atom stereocenters. The Labute approximate surface area is 165 Å². The Kier molecular flexibility index (Phi) is 15.2. The lowest BCUT2D eigenvalue weighted by molar-refractivity contribution is 0.761. The predicted octanol–water partition coefficient (Wildman–Crippen LogP) is 5.58. The first-order valence-electron chi connectivity index (χ1n) is 9.42. The zero-order valence-corrected chi connectivity index (χ0v) is 16.9. The molecule has 0 amide bonds. The van der Waals surface area contributed by atoms with Crippen molar-refractivity contribution in [1.29, 1.82) is 0 Å². The Hall–Kier alpha value is -2.65. The molecule has 0 saturated carbocycles. The van der Waals surface area contributed by atoms with Gasteiger partial charge in [0, 0.05) is 6.20 Å². The summed E-state index contributed by atoms with van der Waals surface area (Å²) in [6, 6.07) is 20.3. The number of hydrogen-bond donors (Lipinski definition) is 2. The highest BCUT2D eigenvalue weighted by Crippen LogP contribution is 2.12. The standard InChI is InChI=1S/C14H20.C9H10N2.CH5N/c1-3-8-13(2)9-7-12-14-10-5-4-6-11-14;1-11-7-9(10)8-5-3-2-4-6-8;1-2/h4-6,10-11H,2-3,7-9,12H2,1H3;2-7H,1,10H2;2H2,1H3/b;9-7-;. The van der Waals surface area contributed by atoms with Crippen LogP contribution in [0.1, 0.15) is 43.7 Å². The van der Waals surface area contributed by atoms with Crippen molar-refractivity contribution >= 4 is 12.4 Å². The normalized spacial score (nSPS) is 9.96. The molecule has 0 aliphatic heterocycles. The fourth-order valence-corrected chi connectivity index (χ4v) is 2.47. The van der Waals surface area contributed by atoms with Crippen LogP contribution in [-0.2, 0) is 6.42 Å². The summed E-state index contributed by atoms with van der Waals surface area (Å²) in [6.45, 7) is 9.61. The minimum atomic E-state index is 0.639. The van der Waals surface area contributed by atoms with Gasteiger partial charge in [-0.15, -0.1) is 0 Å². The minimum Gasteiger partial charge on any atom is -0.397 e. The lowest BCUT2D eigenvalue weighted by atomic mass is 10.0. The third-order valence-corrected chi connectivity index (χ3v) is 3.78. The van der Waals surface area contributed by atoms with Gasteiger partial charge in [-0.1, -0.05) is 86.2 Å². The number of nitrogens with zero attached hydrogens (tertiary/aromatic N) is 1. The van der Waals surface area contributed by atoms with Gasteiger partial charge in [0.2, 0.25) is 0 Å². The van der Waals surface area contributed by atoms with Gasteiger partial charge in [-0.3, -0.25) is 4.99 Å². The summed E-state index contributed by atoms with van der Waals surface area (Å²) >= 11 is 0. The monoisotopic (exact) mass is 365 g/mol. The first-order valence-corrected chi connectivity index (χ1v) is 9.42. The summed E-state index contributed by atoms with van der Waals surface area (Å²) < 4.78 is 0. The van der Waals surface area contributed by atoms with E-state index in [-0.39, 0.29) is 0 Å². The second-order valence-electron chi connectivity index (χ2n) is 5.97. The fraction of sp³-hybridized carbons (Fsp3) is 0.292. The molecule has 0 aliphatic rings. The molecule has 0 radical (unpaired) electrons. The van der Waals surface area contributed by atoms with E-state index in [1.54, 1.807) is 0 Å². The topological polar surface area (TPSA) is 64.4 Å². The van der Waals surface area contributed by atoms with Crippen molar-refractivity contribution in [3.8, 4) is 0 Å². The van der Waals surface area contributed by atoms with Crippen molar-refractivity contribution in [2.24, 2.45) is 16.5 Å². The number of allylic oxidation sites excluding steroid dienone is 1. The predicted molar refractivity (Wildman–Crippen MR) is 122 cm³/mol. The molecule has 0 aromatic heterocycles. The zero-order valence-electron chi connectivity index (χ0n) is 16.9. The number of hydrogen-bond acceptors (Lipinski definition) is 3. The smallest absolute Gasteiger partial charge is 0.0573 e. The zero-order chi connectivity index (χ0) is 20.3. The summed E-state index contributed by atoms with van der Waals surface area (Å²) in [6.07, 6.45) is 7.56. The molecule has 2 aromatic carbocycles. The van der Waals surface area contributed by atoms with E-state index in [1.807, 2.05) is 30.3 Å². The van der Waals surface area contributed by atoms with Gasteiger partial charge in [0.1, 0.15) is 0 Å². The molecule has 3 heteroatoms. The van der Waals surface area contributed by atoms with Crippen LogP contribution in [0.4, 0.5) is 0 Å². The van der Waals surface area contributed by atoms with Crippen LogP contribution in [0.3, 0.4) is 0 Å². The first kappa shape index (κ1) is 24.4. The highest BCUT2D eigenvalue weighted by molar-refractivity contribution is 5.62. The van der Waals surface area contributed by atoms with Crippen molar-refractivity contribution < 1.29 is 0 Å². The molecule has 0 heterocycles. The third kappa shape index (κ3) is 12.4. The van der Waals surface area contributed by atoms with E-state index in [4.69, 9.17) is 5.73 Å². The molecule has 2 rings (SSSR count). The van der Waals surface area contributed by atoms with Crippen LogP contribution in [-0.4, -0.2) is 13.8 Å². The first-order chi connectivity index (χ1) is 13.2. The lowest BCUT2D eigenvalue weighted by Gasteiger charge is -2.03. The van der Waals surface area contributed by atoms with Crippen LogP contribution in [0.2, 0.25) is 0 Å². The largest absolute Gasteiger partial charge is 0.397 e. The van der Waals surface area contributed by atoms with Crippen molar-refractivity contribution in [1.82, 2.24) is 0 Å². The molecule has 0 spiro atoms. The number of aliphatic imine (C=N–C) groups is 1. The molecule has 0 saturated heterocycles.